The average Bonchev–Trinajstić information content (AvgIpc) is 3.04. The number of nitrogens with zero attached hydrogens (tertiary/aromatic N) is 1. The predicted octanol–water partition coefficient (Wildman–Crippen LogP) is 5.49. The Hall–Kier alpha value is -0.570. The van der Waals surface area contributed by atoms with Crippen LogP contribution in [-0.2, 0) is 11.2 Å². The molecule has 23 heavy (non-hydrogen) atoms. The average molecular weight is 338 g/mol. The zero-order valence-corrected chi connectivity index (χ0v) is 15.7. The van der Waals surface area contributed by atoms with Crippen molar-refractivity contribution in [1.82, 2.24) is 4.90 Å². The summed E-state index contributed by atoms with van der Waals surface area (Å²) in [6, 6.07) is 6.24. The number of likely N-dealkylation sites (tertiary alicyclic amines) is 1. The second-order valence-corrected chi connectivity index (χ2v) is 7.31. The van der Waals surface area contributed by atoms with Crippen LogP contribution in [-0.4, -0.2) is 31.1 Å². The normalized spacial score (nSPS) is 18.3. The molecule has 0 aromatic heterocycles. The lowest BCUT2D eigenvalue weighted by molar-refractivity contribution is 0.0223. The van der Waals surface area contributed by atoms with Gasteiger partial charge in [-0.2, -0.15) is 0 Å². The summed E-state index contributed by atoms with van der Waals surface area (Å²) < 4.78 is 6.31. The fourth-order valence-corrected chi connectivity index (χ4v) is 3.83. The van der Waals surface area contributed by atoms with E-state index in [0.717, 1.165) is 37.4 Å². The minimum Gasteiger partial charge on any atom is -0.373 e. The molecular weight excluding hydrogens is 306 g/mol. The Morgan fingerprint density at radius 2 is 1.96 bits per heavy atom. The molecule has 3 heteroatoms. The summed E-state index contributed by atoms with van der Waals surface area (Å²) in [6.45, 7) is 11.2. The Morgan fingerprint density at radius 1 is 1.22 bits per heavy atom. The fourth-order valence-electron chi connectivity index (χ4n) is 3.56. The lowest BCUT2D eigenvalue weighted by Gasteiger charge is -2.25. The summed E-state index contributed by atoms with van der Waals surface area (Å²) in [5.74, 6) is 0.580. The van der Waals surface area contributed by atoms with Crippen molar-refractivity contribution in [3.8, 4) is 0 Å². The molecule has 0 radical (unpaired) electrons. The SMILES string of the molecule is CCCc1c(Cl)cccc1C(CC)OCC(C)CN1CCCC1. The molecule has 130 valence electrons. The van der Waals surface area contributed by atoms with Gasteiger partial charge in [-0.15, -0.1) is 0 Å². The maximum Gasteiger partial charge on any atom is 0.0825 e. The molecule has 0 bridgehead atoms. The Balaban J connectivity index is 1.95. The van der Waals surface area contributed by atoms with Gasteiger partial charge in [0.1, 0.15) is 0 Å². The van der Waals surface area contributed by atoms with E-state index in [9.17, 15) is 0 Å². The van der Waals surface area contributed by atoms with Crippen LogP contribution in [0, 0.1) is 5.92 Å². The molecule has 0 aliphatic carbocycles. The summed E-state index contributed by atoms with van der Waals surface area (Å²) in [4.78, 5) is 2.57. The van der Waals surface area contributed by atoms with Crippen LogP contribution < -0.4 is 0 Å². The molecule has 1 aliphatic rings. The van der Waals surface area contributed by atoms with Crippen LogP contribution in [0.2, 0.25) is 5.02 Å². The highest BCUT2D eigenvalue weighted by molar-refractivity contribution is 6.31. The largest absolute Gasteiger partial charge is 0.373 e. The minimum atomic E-state index is 0.163. The molecular formula is C20H32ClNO. The van der Waals surface area contributed by atoms with Crippen LogP contribution in [0.5, 0.6) is 0 Å². The number of halogens is 1. The zero-order chi connectivity index (χ0) is 16.7. The van der Waals surface area contributed by atoms with Gasteiger partial charge < -0.3 is 9.64 Å². The van der Waals surface area contributed by atoms with E-state index in [1.165, 1.54) is 37.1 Å². The molecule has 0 N–H and O–H groups in total. The van der Waals surface area contributed by atoms with Crippen LogP contribution >= 0.6 is 11.6 Å². The first-order valence-corrected chi connectivity index (χ1v) is 9.64. The Bertz CT molecular complexity index is 471. The van der Waals surface area contributed by atoms with Crippen molar-refractivity contribution < 1.29 is 4.74 Å². The molecule has 1 saturated heterocycles. The molecule has 1 fully saturated rings. The van der Waals surface area contributed by atoms with Gasteiger partial charge in [-0.3, -0.25) is 0 Å². The number of ether oxygens (including phenoxy) is 1. The van der Waals surface area contributed by atoms with Crippen LogP contribution in [0.3, 0.4) is 0 Å². The number of benzene rings is 1. The van der Waals surface area contributed by atoms with Gasteiger partial charge in [-0.05, 0) is 61.9 Å². The topological polar surface area (TPSA) is 12.5 Å². The van der Waals surface area contributed by atoms with Gasteiger partial charge in [-0.25, -0.2) is 0 Å². The van der Waals surface area contributed by atoms with Crippen LogP contribution in [0.1, 0.15) is 63.7 Å². The highest BCUT2D eigenvalue weighted by Gasteiger charge is 2.19. The van der Waals surface area contributed by atoms with E-state index in [4.69, 9.17) is 16.3 Å². The first-order chi connectivity index (χ1) is 11.2. The fraction of sp³-hybridized carbons (Fsp3) is 0.700. The molecule has 2 rings (SSSR count). The highest BCUT2D eigenvalue weighted by atomic mass is 35.5. The second kappa shape index (κ2) is 9.66. The van der Waals surface area contributed by atoms with Crippen molar-refractivity contribution in [3.05, 3.63) is 34.3 Å². The van der Waals surface area contributed by atoms with Gasteiger partial charge in [0, 0.05) is 11.6 Å². The Kier molecular flexibility index (Phi) is 7.88. The molecule has 2 atom stereocenters. The van der Waals surface area contributed by atoms with Crippen molar-refractivity contribution in [2.45, 2.75) is 59.0 Å². The van der Waals surface area contributed by atoms with E-state index in [2.05, 4.69) is 37.8 Å². The standard InChI is InChI=1S/C20H32ClNO/c1-4-9-17-18(10-8-11-19(17)21)20(5-2)23-15-16(3)14-22-12-6-7-13-22/h8,10-11,16,20H,4-7,9,12-15H2,1-3H3. The van der Waals surface area contributed by atoms with Gasteiger partial charge in [0.25, 0.3) is 0 Å². The van der Waals surface area contributed by atoms with Gasteiger partial charge in [-0.1, -0.05) is 50.9 Å². The van der Waals surface area contributed by atoms with Crippen LogP contribution in [0.15, 0.2) is 18.2 Å². The van der Waals surface area contributed by atoms with Crippen molar-refractivity contribution >= 4 is 11.6 Å². The molecule has 0 spiro atoms. The molecule has 1 aliphatic heterocycles. The Labute approximate surface area is 147 Å². The number of hydrogen-bond acceptors (Lipinski definition) is 2. The van der Waals surface area contributed by atoms with E-state index in [1.807, 2.05) is 6.07 Å². The van der Waals surface area contributed by atoms with E-state index in [0.29, 0.717) is 5.92 Å². The monoisotopic (exact) mass is 337 g/mol. The zero-order valence-electron chi connectivity index (χ0n) is 15.0. The molecule has 1 aromatic rings. The molecule has 1 aromatic carbocycles. The second-order valence-electron chi connectivity index (χ2n) is 6.90. The van der Waals surface area contributed by atoms with E-state index in [-0.39, 0.29) is 6.10 Å². The van der Waals surface area contributed by atoms with Crippen molar-refractivity contribution in [3.63, 3.8) is 0 Å². The molecule has 0 amide bonds. The Morgan fingerprint density at radius 3 is 2.61 bits per heavy atom. The van der Waals surface area contributed by atoms with Crippen molar-refractivity contribution in [1.29, 1.82) is 0 Å². The summed E-state index contributed by atoms with van der Waals surface area (Å²) in [7, 11) is 0. The van der Waals surface area contributed by atoms with Gasteiger partial charge in [0.2, 0.25) is 0 Å². The highest BCUT2D eigenvalue weighted by Crippen LogP contribution is 2.30. The summed E-state index contributed by atoms with van der Waals surface area (Å²) in [5, 5.41) is 0.886. The lowest BCUT2D eigenvalue weighted by atomic mass is 9.97. The first kappa shape index (κ1) is 18.8. The first-order valence-electron chi connectivity index (χ1n) is 9.26. The maximum atomic E-state index is 6.42. The third kappa shape index (κ3) is 5.48. The molecule has 0 saturated carbocycles. The molecule has 2 nitrogen and oxygen atoms in total. The number of hydrogen-bond donors (Lipinski definition) is 0. The van der Waals surface area contributed by atoms with Crippen LogP contribution in [0.25, 0.3) is 0 Å². The van der Waals surface area contributed by atoms with E-state index >= 15 is 0 Å². The van der Waals surface area contributed by atoms with Crippen molar-refractivity contribution in [2.75, 3.05) is 26.2 Å². The van der Waals surface area contributed by atoms with Crippen molar-refractivity contribution in [2.24, 2.45) is 5.92 Å². The van der Waals surface area contributed by atoms with Gasteiger partial charge in [0.15, 0.2) is 0 Å². The maximum absolute atomic E-state index is 6.42. The van der Waals surface area contributed by atoms with Gasteiger partial charge in [0.05, 0.1) is 12.7 Å². The van der Waals surface area contributed by atoms with E-state index in [1.54, 1.807) is 0 Å². The van der Waals surface area contributed by atoms with Gasteiger partial charge >= 0.3 is 0 Å². The molecule has 2 unspecified atom stereocenters. The molecule has 1 heterocycles. The quantitative estimate of drug-likeness (QED) is 0.590. The third-order valence-corrected chi connectivity index (χ3v) is 5.08. The summed E-state index contributed by atoms with van der Waals surface area (Å²) in [6.07, 6.45) is 6.00. The lowest BCUT2D eigenvalue weighted by Crippen LogP contribution is -2.28. The number of rotatable bonds is 9. The third-order valence-electron chi connectivity index (χ3n) is 4.72. The summed E-state index contributed by atoms with van der Waals surface area (Å²) in [5.41, 5.74) is 2.56. The smallest absolute Gasteiger partial charge is 0.0825 e. The summed E-state index contributed by atoms with van der Waals surface area (Å²) >= 11 is 6.42. The van der Waals surface area contributed by atoms with E-state index < -0.39 is 0 Å². The van der Waals surface area contributed by atoms with Crippen LogP contribution in [0.4, 0.5) is 0 Å². The minimum absolute atomic E-state index is 0.163. The predicted molar refractivity (Wildman–Crippen MR) is 99.3 cm³/mol.